The lowest BCUT2D eigenvalue weighted by Gasteiger charge is -1.97. The summed E-state index contributed by atoms with van der Waals surface area (Å²) in [5, 5.41) is 0. The normalized spacial score (nSPS) is 9.67. The molecule has 5 aromatic rings. The Hall–Kier alpha value is 0.900. The van der Waals surface area contributed by atoms with E-state index in [4.69, 9.17) is 0 Å². The molecular formula is C35H30Br10. The molecule has 0 radical (unpaired) electrons. The van der Waals surface area contributed by atoms with Crippen molar-refractivity contribution in [2.45, 2.75) is 34.6 Å². The maximum absolute atomic E-state index is 3.43. The number of rotatable bonds is 0. The minimum absolute atomic E-state index is 1.10. The van der Waals surface area contributed by atoms with E-state index >= 15 is 0 Å². The molecule has 0 unspecified atom stereocenters. The molecule has 45 heavy (non-hydrogen) atoms. The van der Waals surface area contributed by atoms with E-state index in [1.807, 2.05) is 54.6 Å². The fourth-order valence-electron chi connectivity index (χ4n) is 3.09. The second-order valence-corrected chi connectivity index (χ2v) is 18.1. The fourth-order valence-corrected chi connectivity index (χ4v) is 7.81. The molecule has 0 aliphatic carbocycles. The Labute approximate surface area is 352 Å². The molecule has 0 nitrogen and oxygen atoms in total. The molecule has 0 bridgehead atoms. The third-order valence-electron chi connectivity index (χ3n) is 5.55. The molecule has 0 spiro atoms. The fraction of sp³-hybridized carbons (Fsp3) is 0.143. The molecule has 5 aromatic carbocycles. The van der Waals surface area contributed by atoms with Gasteiger partial charge in [0.05, 0.1) is 0 Å². The summed E-state index contributed by atoms with van der Waals surface area (Å²) < 4.78 is 11.3. The van der Waals surface area contributed by atoms with Gasteiger partial charge in [-0.15, -0.1) is 0 Å². The van der Waals surface area contributed by atoms with Crippen LogP contribution in [0.1, 0.15) is 27.8 Å². The molecule has 0 heterocycles. The quantitative estimate of drug-likeness (QED) is 0.145. The molecule has 0 aromatic heterocycles. The molecule has 240 valence electrons. The molecule has 0 aliphatic rings. The molecule has 0 saturated heterocycles. The zero-order valence-electron chi connectivity index (χ0n) is 24.9. The van der Waals surface area contributed by atoms with Gasteiger partial charge in [-0.2, -0.15) is 0 Å². The SMILES string of the molecule is Cc1c(Br)cccc1Br.Cc1cc(Br)cc(Br)c1.Cc1cc(Br)ccc1Br.Cc1ccc(Br)c(Br)c1.Cc1cccc(Br)c1Br. The second-order valence-electron chi connectivity index (χ2n) is 9.48. The van der Waals surface area contributed by atoms with Crippen LogP contribution >= 0.6 is 159 Å². The predicted octanol–water partition coefficient (Wildman–Crippen LogP) is 17.6. The van der Waals surface area contributed by atoms with Gasteiger partial charge in [0.15, 0.2) is 0 Å². The first-order valence-corrected chi connectivity index (χ1v) is 21.0. The van der Waals surface area contributed by atoms with Crippen molar-refractivity contribution in [3.63, 3.8) is 0 Å². The monoisotopic (exact) mass is 1240 g/mol. The summed E-state index contributed by atoms with van der Waals surface area (Å²) in [4.78, 5) is 0. The first-order chi connectivity index (χ1) is 21.0. The Morgan fingerprint density at radius 3 is 1.24 bits per heavy atom. The van der Waals surface area contributed by atoms with Gasteiger partial charge in [0.1, 0.15) is 0 Å². The third-order valence-corrected chi connectivity index (χ3v) is 13.7. The van der Waals surface area contributed by atoms with Crippen LogP contribution in [0.4, 0.5) is 0 Å². The number of hydrogen-bond acceptors (Lipinski definition) is 0. The van der Waals surface area contributed by atoms with Crippen molar-refractivity contribution in [3.8, 4) is 0 Å². The van der Waals surface area contributed by atoms with Crippen molar-refractivity contribution >= 4 is 159 Å². The van der Waals surface area contributed by atoms with Crippen LogP contribution in [0.5, 0.6) is 0 Å². The van der Waals surface area contributed by atoms with Crippen molar-refractivity contribution in [1.82, 2.24) is 0 Å². The summed E-state index contributed by atoms with van der Waals surface area (Å²) in [6.45, 7) is 10.3. The summed E-state index contributed by atoms with van der Waals surface area (Å²) in [5.41, 5.74) is 6.28. The van der Waals surface area contributed by atoms with Crippen LogP contribution in [0, 0.1) is 34.6 Å². The Bertz CT molecular complexity index is 1480. The molecular weight excluding hydrogens is 1220 g/mol. The van der Waals surface area contributed by atoms with Gasteiger partial charge in [-0.3, -0.25) is 0 Å². The van der Waals surface area contributed by atoms with E-state index in [1.165, 1.54) is 27.8 Å². The molecule has 0 amide bonds. The maximum atomic E-state index is 3.43. The first kappa shape index (κ1) is 43.9. The van der Waals surface area contributed by atoms with Gasteiger partial charge in [0.25, 0.3) is 0 Å². The van der Waals surface area contributed by atoms with Crippen LogP contribution in [0.25, 0.3) is 0 Å². The average Bonchev–Trinajstić information content (AvgIpc) is 2.95. The summed E-state index contributed by atoms with van der Waals surface area (Å²) in [5.74, 6) is 0. The highest BCUT2D eigenvalue weighted by Gasteiger charge is 1.97. The van der Waals surface area contributed by atoms with E-state index in [-0.39, 0.29) is 0 Å². The third kappa shape index (κ3) is 18.5. The predicted molar refractivity (Wildman–Crippen MR) is 233 cm³/mol. The van der Waals surface area contributed by atoms with Crippen molar-refractivity contribution in [3.05, 3.63) is 164 Å². The standard InChI is InChI=1S/5C7H6Br2/c1-5-2-6(8)4-7(9)3-5;1-5-4-6(8)2-3-7(5)9;1-5-2-3-6(8)7(9)4-5;1-5-6(8)3-2-4-7(5)9;1-5-3-2-4-6(8)7(5)9/h5*2-4H,1H3. The maximum Gasteiger partial charge on any atom is 0.0346 e. The first-order valence-electron chi connectivity index (χ1n) is 13.1. The van der Waals surface area contributed by atoms with Gasteiger partial charge in [0, 0.05) is 44.7 Å². The van der Waals surface area contributed by atoms with E-state index in [1.54, 1.807) is 0 Å². The van der Waals surface area contributed by atoms with Crippen LogP contribution in [0.15, 0.2) is 136 Å². The van der Waals surface area contributed by atoms with Crippen LogP contribution in [-0.2, 0) is 0 Å². The molecule has 0 fully saturated rings. The lowest BCUT2D eigenvalue weighted by Crippen LogP contribution is -1.74. The Morgan fingerprint density at radius 1 is 0.333 bits per heavy atom. The van der Waals surface area contributed by atoms with E-state index in [0.29, 0.717) is 0 Å². The lowest BCUT2D eigenvalue weighted by atomic mass is 10.2. The molecule has 5 rings (SSSR count). The van der Waals surface area contributed by atoms with Crippen molar-refractivity contribution in [2.24, 2.45) is 0 Å². The highest BCUT2D eigenvalue weighted by molar-refractivity contribution is 9.13. The smallest absolute Gasteiger partial charge is 0.0346 e. The van der Waals surface area contributed by atoms with Gasteiger partial charge in [-0.1, -0.05) is 120 Å². The van der Waals surface area contributed by atoms with E-state index < -0.39 is 0 Å². The molecule has 0 N–H and O–H groups in total. The molecule has 0 aliphatic heterocycles. The van der Waals surface area contributed by atoms with Gasteiger partial charge < -0.3 is 0 Å². The largest absolute Gasteiger partial charge is 0.0608 e. The van der Waals surface area contributed by atoms with Crippen LogP contribution in [0.3, 0.4) is 0 Å². The minimum Gasteiger partial charge on any atom is -0.0608 e. The Kier molecular flexibility index (Phi) is 22.8. The van der Waals surface area contributed by atoms with Gasteiger partial charge in [0.2, 0.25) is 0 Å². The highest BCUT2D eigenvalue weighted by Crippen LogP contribution is 2.26. The zero-order chi connectivity index (χ0) is 34.3. The van der Waals surface area contributed by atoms with E-state index in [9.17, 15) is 0 Å². The minimum atomic E-state index is 1.10. The number of aryl methyl sites for hydroxylation is 4. The highest BCUT2D eigenvalue weighted by atomic mass is 79.9. The van der Waals surface area contributed by atoms with Gasteiger partial charge in [-0.05, 0) is 193 Å². The zero-order valence-corrected chi connectivity index (χ0v) is 40.8. The number of halogens is 10. The summed E-state index contributed by atoms with van der Waals surface area (Å²) in [6, 6.07) is 30.6. The average molecular weight is 1250 g/mol. The lowest BCUT2D eigenvalue weighted by molar-refractivity contribution is 1.40. The second kappa shape index (κ2) is 23.3. The number of hydrogen-bond donors (Lipinski definition) is 0. The topological polar surface area (TPSA) is 0 Å². The molecule has 0 atom stereocenters. The van der Waals surface area contributed by atoms with E-state index in [2.05, 4.69) is 230 Å². The van der Waals surface area contributed by atoms with Crippen molar-refractivity contribution in [2.75, 3.05) is 0 Å². The number of benzene rings is 5. The summed E-state index contributed by atoms with van der Waals surface area (Å²) >= 11 is 34.0. The Morgan fingerprint density at radius 2 is 0.844 bits per heavy atom. The van der Waals surface area contributed by atoms with Gasteiger partial charge >= 0.3 is 0 Å². The van der Waals surface area contributed by atoms with Crippen molar-refractivity contribution in [1.29, 1.82) is 0 Å². The van der Waals surface area contributed by atoms with Crippen molar-refractivity contribution < 1.29 is 0 Å². The summed E-state index contributed by atoms with van der Waals surface area (Å²) in [7, 11) is 0. The summed E-state index contributed by atoms with van der Waals surface area (Å²) in [6.07, 6.45) is 0. The van der Waals surface area contributed by atoms with Crippen LogP contribution in [-0.4, -0.2) is 0 Å². The molecule has 10 heteroatoms. The Balaban J connectivity index is 0.000000281. The van der Waals surface area contributed by atoms with Crippen LogP contribution in [0.2, 0.25) is 0 Å². The molecule has 0 saturated carbocycles. The van der Waals surface area contributed by atoms with Crippen LogP contribution < -0.4 is 0 Å². The van der Waals surface area contributed by atoms with E-state index in [0.717, 1.165) is 44.7 Å². The van der Waals surface area contributed by atoms with Gasteiger partial charge in [-0.25, -0.2) is 0 Å².